The van der Waals surface area contributed by atoms with E-state index in [4.69, 9.17) is 11.5 Å². The Kier molecular flexibility index (Phi) is 5.09. The van der Waals surface area contributed by atoms with Crippen LogP contribution in [0.1, 0.15) is 36.7 Å². The first-order valence-electron chi connectivity index (χ1n) is 6.87. The summed E-state index contributed by atoms with van der Waals surface area (Å²) >= 11 is 0. The number of H-pyrrole nitrogens is 1. The van der Waals surface area contributed by atoms with Gasteiger partial charge >= 0.3 is 5.69 Å². The van der Waals surface area contributed by atoms with Gasteiger partial charge in [0, 0.05) is 0 Å². The number of nitrogens with two attached hydrogens (primary N) is 2. The van der Waals surface area contributed by atoms with E-state index in [2.05, 4.69) is 10.2 Å². The van der Waals surface area contributed by atoms with E-state index in [0.717, 1.165) is 24.8 Å². The summed E-state index contributed by atoms with van der Waals surface area (Å²) < 4.78 is 1.60. The second-order valence-electron chi connectivity index (χ2n) is 4.85. The summed E-state index contributed by atoms with van der Waals surface area (Å²) in [7, 11) is 0. The molecule has 1 aromatic carbocycles. The lowest BCUT2D eigenvalue weighted by Gasteiger charge is -2.12. The molecule has 0 aliphatic rings. The average Bonchev–Trinajstić information content (AvgIpc) is 2.82. The number of unbranched alkanes of at least 4 members (excludes halogenated alkanes) is 1. The first kappa shape index (κ1) is 14.5. The van der Waals surface area contributed by atoms with Crippen molar-refractivity contribution in [3.05, 3.63) is 52.2 Å². The molecule has 6 heteroatoms. The molecular formula is C14H21N5O. The highest BCUT2D eigenvalue weighted by Gasteiger charge is 2.15. The standard InChI is InChI=1S/C14H21N5O/c15-9-5-4-8-12(16)13-17-18-14(20)19(13)10-11-6-2-1-3-7-11/h1-3,6-7,12H,4-5,8-10,15-16H2,(H,18,20)/t12-/m0/s1. The van der Waals surface area contributed by atoms with Gasteiger partial charge in [-0.1, -0.05) is 36.8 Å². The third-order valence-corrected chi connectivity index (χ3v) is 3.27. The minimum Gasteiger partial charge on any atom is -0.330 e. The van der Waals surface area contributed by atoms with Crippen molar-refractivity contribution in [1.29, 1.82) is 0 Å². The molecule has 0 spiro atoms. The van der Waals surface area contributed by atoms with Crippen LogP contribution in [0.5, 0.6) is 0 Å². The SMILES string of the molecule is NCCCC[C@H](N)c1n[nH]c(=O)n1Cc1ccccc1. The Bertz CT molecular complexity index is 575. The molecule has 6 nitrogen and oxygen atoms in total. The second-order valence-corrected chi connectivity index (χ2v) is 4.85. The maximum atomic E-state index is 11.8. The summed E-state index contributed by atoms with van der Waals surface area (Å²) in [5.41, 5.74) is 12.4. The summed E-state index contributed by atoms with van der Waals surface area (Å²) in [6.07, 6.45) is 2.64. The second kappa shape index (κ2) is 7.02. The number of hydrogen-bond acceptors (Lipinski definition) is 4. The van der Waals surface area contributed by atoms with Gasteiger partial charge in [-0.05, 0) is 24.9 Å². The van der Waals surface area contributed by atoms with Crippen LogP contribution in [0.25, 0.3) is 0 Å². The molecule has 0 unspecified atom stereocenters. The lowest BCUT2D eigenvalue weighted by Crippen LogP contribution is -2.24. The van der Waals surface area contributed by atoms with Crippen molar-refractivity contribution in [3.8, 4) is 0 Å². The summed E-state index contributed by atoms with van der Waals surface area (Å²) in [5.74, 6) is 0.607. The fourth-order valence-corrected chi connectivity index (χ4v) is 2.17. The summed E-state index contributed by atoms with van der Waals surface area (Å²) in [4.78, 5) is 11.8. The number of benzene rings is 1. The fourth-order valence-electron chi connectivity index (χ4n) is 2.17. The van der Waals surface area contributed by atoms with Crippen molar-refractivity contribution < 1.29 is 0 Å². The third-order valence-electron chi connectivity index (χ3n) is 3.27. The summed E-state index contributed by atoms with van der Waals surface area (Å²) in [5, 5.41) is 6.54. The number of hydrogen-bond donors (Lipinski definition) is 3. The van der Waals surface area contributed by atoms with E-state index in [1.807, 2.05) is 30.3 Å². The molecule has 0 aliphatic carbocycles. The molecule has 5 N–H and O–H groups in total. The Balaban J connectivity index is 2.13. The number of aromatic amines is 1. The van der Waals surface area contributed by atoms with Crippen molar-refractivity contribution >= 4 is 0 Å². The average molecular weight is 275 g/mol. The van der Waals surface area contributed by atoms with Crippen LogP contribution in [0.2, 0.25) is 0 Å². The van der Waals surface area contributed by atoms with E-state index >= 15 is 0 Å². The van der Waals surface area contributed by atoms with Gasteiger partial charge in [-0.2, -0.15) is 5.10 Å². The van der Waals surface area contributed by atoms with Crippen LogP contribution in [0, 0.1) is 0 Å². The lowest BCUT2D eigenvalue weighted by atomic mass is 10.1. The molecule has 0 amide bonds. The topological polar surface area (TPSA) is 103 Å². The van der Waals surface area contributed by atoms with E-state index in [1.165, 1.54) is 0 Å². The molecule has 0 saturated heterocycles. The van der Waals surface area contributed by atoms with E-state index in [-0.39, 0.29) is 11.7 Å². The highest BCUT2D eigenvalue weighted by molar-refractivity contribution is 5.15. The van der Waals surface area contributed by atoms with Gasteiger partial charge < -0.3 is 11.5 Å². The van der Waals surface area contributed by atoms with Crippen molar-refractivity contribution in [2.24, 2.45) is 11.5 Å². The minimum atomic E-state index is -0.246. The van der Waals surface area contributed by atoms with Gasteiger partial charge in [0.15, 0.2) is 5.82 Å². The van der Waals surface area contributed by atoms with Crippen molar-refractivity contribution in [3.63, 3.8) is 0 Å². The molecule has 0 bridgehead atoms. The van der Waals surface area contributed by atoms with E-state index < -0.39 is 0 Å². The van der Waals surface area contributed by atoms with Crippen molar-refractivity contribution in [2.45, 2.75) is 31.8 Å². The molecule has 1 heterocycles. The Morgan fingerprint density at radius 2 is 2.00 bits per heavy atom. The number of aromatic nitrogens is 3. The summed E-state index contributed by atoms with van der Waals surface area (Å²) in [6.45, 7) is 1.14. The molecule has 0 aliphatic heterocycles. The molecule has 2 aromatic rings. The molecular weight excluding hydrogens is 254 g/mol. The van der Waals surface area contributed by atoms with Gasteiger partial charge in [-0.15, -0.1) is 0 Å². The molecule has 0 saturated carbocycles. The maximum absolute atomic E-state index is 11.8. The van der Waals surface area contributed by atoms with E-state index in [1.54, 1.807) is 4.57 Å². The highest BCUT2D eigenvalue weighted by Crippen LogP contribution is 2.14. The van der Waals surface area contributed by atoms with Gasteiger partial charge in [-0.25, -0.2) is 9.89 Å². The predicted molar refractivity (Wildman–Crippen MR) is 78.2 cm³/mol. The van der Waals surface area contributed by atoms with Crippen LogP contribution in [0.4, 0.5) is 0 Å². The largest absolute Gasteiger partial charge is 0.343 e. The van der Waals surface area contributed by atoms with Gasteiger partial charge in [0.2, 0.25) is 0 Å². The minimum absolute atomic E-state index is 0.224. The first-order valence-corrected chi connectivity index (χ1v) is 6.87. The maximum Gasteiger partial charge on any atom is 0.343 e. The molecule has 108 valence electrons. The molecule has 20 heavy (non-hydrogen) atoms. The van der Waals surface area contributed by atoms with E-state index in [0.29, 0.717) is 18.9 Å². The Morgan fingerprint density at radius 1 is 1.25 bits per heavy atom. The normalized spacial score (nSPS) is 12.5. The monoisotopic (exact) mass is 275 g/mol. The summed E-state index contributed by atoms with van der Waals surface area (Å²) in [6, 6.07) is 9.54. The molecule has 0 radical (unpaired) electrons. The van der Waals surface area contributed by atoms with Crippen LogP contribution in [-0.4, -0.2) is 21.3 Å². The first-order chi connectivity index (χ1) is 9.72. The quantitative estimate of drug-likeness (QED) is 0.649. The molecule has 1 atom stereocenters. The molecule has 1 aromatic heterocycles. The fraction of sp³-hybridized carbons (Fsp3) is 0.429. The van der Waals surface area contributed by atoms with Crippen LogP contribution in [-0.2, 0) is 6.54 Å². The van der Waals surface area contributed by atoms with Crippen LogP contribution < -0.4 is 17.2 Å². The highest BCUT2D eigenvalue weighted by atomic mass is 16.1. The number of nitrogens with one attached hydrogen (secondary N) is 1. The van der Waals surface area contributed by atoms with Gasteiger partial charge in [0.05, 0.1) is 12.6 Å². The zero-order valence-electron chi connectivity index (χ0n) is 11.5. The van der Waals surface area contributed by atoms with Crippen LogP contribution >= 0.6 is 0 Å². The number of nitrogens with zero attached hydrogens (tertiary/aromatic N) is 2. The smallest absolute Gasteiger partial charge is 0.330 e. The number of rotatable bonds is 7. The molecule has 2 rings (SSSR count). The van der Waals surface area contributed by atoms with Gasteiger partial charge in [0.1, 0.15) is 0 Å². The van der Waals surface area contributed by atoms with Crippen molar-refractivity contribution in [2.75, 3.05) is 6.54 Å². The Labute approximate surface area is 117 Å². The Hall–Kier alpha value is -1.92. The predicted octanol–water partition coefficient (Wildman–Crippen LogP) is 0.749. The lowest BCUT2D eigenvalue weighted by molar-refractivity contribution is 0.537. The van der Waals surface area contributed by atoms with Gasteiger partial charge in [-0.3, -0.25) is 4.57 Å². The van der Waals surface area contributed by atoms with Gasteiger partial charge in [0.25, 0.3) is 0 Å². The Morgan fingerprint density at radius 3 is 2.70 bits per heavy atom. The van der Waals surface area contributed by atoms with Crippen molar-refractivity contribution in [1.82, 2.24) is 14.8 Å². The zero-order chi connectivity index (χ0) is 14.4. The zero-order valence-corrected chi connectivity index (χ0v) is 11.5. The van der Waals surface area contributed by atoms with Crippen LogP contribution in [0.3, 0.4) is 0 Å². The van der Waals surface area contributed by atoms with Crippen LogP contribution in [0.15, 0.2) is 35.1 Å². The third kappa shape index (κ3) is 3.55. The van der Waals surface area contributed by atoms with E-state index in [9.17, 15) is 4.79 Å². The molecule has 0 fully saturated rings.